The second kappa shape index (κ2) is 6.93. The summed E-state index contributed by atoms with van der Waals surface area (Å²) in [6.07, 6.45) is 1.58. The topological polar surface area (TPSA) is 51.0 Å². The minimum Gasteiger partial charge on any atom is -0.366 e. The van der Waals surface area contributed by atoms with Gasteiger partial charge in [0.2, 0.25) is 0 Å². The predicted molar refractivity (Wildman–Crippen MR) is 98.8 cm³/mol. The Kier molecular flexibility index (Phi) is 4.89. The quantitative estimate of drug-likeness (QED) is 0.687. The van der Waals surface area contributed by atoms with E-state index in [0.717, 1.165) is 10.7 Å². The summed E-state index contributed by atoms with van der Waals surface area (Å²) in [4.78, 5) is 18.8. The Labute approximate surface area is 153 Å². The second-order valence-corrected chi connectivity index (χ2v) is 7.13. The normalized spacial score (nSPS) is 10.8. The molecule has 24 heavy (non-hydrogen) atoms. The number of thiazole rings is 1. The molecule has 0 saturated heterocycles. The van der Waals surface area contributed by atoms with Crippen LogP contribution in [0.2, 0.25) is 10.0 Å². The lowest BCUT2D eigenvalue weighted by Crippen LogP contribution is -2.26. The molecule has 8 heteroatoms. The van der Waals surface area contributed by atoms with Crippen molar-refractivity contribution in [3.63, 3.8) is 0 Å². The van der Waals surface area contributed by atoms with Gasteiger partial charge in [0.25, 0.3) is 5.56 Å². The highest BCUT2D eigenvalue weighted by molar-refractivity contribution is 7.09. The number of hydrogen-bond donors (Lipinski definition) is 0. The lowest BCUT2D eigenvalue weighted by molar-refractivity contribution is 0.792. The average molecular weight is 381 g/mol. The van der Waals surface area contributed by atoms with Crippen molar-refractivity contribution in [1.29, 1.82) is 0 Å². The first-order chi connectivity index (χ1) is 11.5. The van der Waals surface area contributed by atoms with Crippen LogP contribution in [0.4, 0.5) is 5.69 Å². The third-order valence-corrected chi connectivity index (χ3v) is 4.88. The van der Waals surface area contributed by atoms with Gasteiger partial charge in [0, 0.05) is 17.5 Å². The van der Waals surface area contributed by atoms with E-state index in [9.17, 15) is 4.79 Å². The van der Waals surface area contributed by atoms with Gasteiger partial charge >= 0.3 is 0 Å². The fourth-order valence-electron chi connectivity index (χ4n) is 2.27. The lowest BCUT2D eigenvalue weighted by Gasteiger charge is -2.19. The van der Waals surface area contributed by atoms with E-state index < -0.39 is 0 Å². The second-order valence-electron chi connectivity index (χ2n) is 5.25. The third-order valence-electron chi connectivity index (χ3n) is 3.45. The molecule has 0 radical (unpaired) electrons. The Morgan fingerprint density at radius 2 is 1.96 bits per heavy atom. The fraction of sp³-hybridized carbons (Fsp3) is 0.188. The number of nitrogens with zero attached hydrogens (tertiary/aromatic N) is 4. The molecule has 0 saturated carbocycles. The van der Waals surface area contributed by atoms with Crippen molar-refractivity contribution in [2.75, 3.05) is 11.9 Å². The standard InChI is InChI=1S/C16H14Cl2N4OS/c1-10-20-12(9-24-10)8-21(2)14-7-19-22(16(23)15(14)18)13-5-3-11(17)4-6-13/h3-7,9H,8H2,1-2H3. The summed E-state index contributed by atoms with van der Waals surface area (Å²) < 4.78 is 1.25. The van der Waals surface area contributed by atoms with Crippen molar-refractivity contribution < 1.29 is 0 Å². The molecule has 0 bridgehead atoms. The van der Waals surface area contributed by atoms with Gasteiger partial charge < -0.3 is 4.90 Å². The summed E-state index contributed by atoms with van der Waals surface area (Å²) in [5.41, 5.74) is 1.73. The SMILES string of the molecule is Cc1nc(CN(C)c2cnn(-c3ccc(Cl)cc3)c(=O)c2Cl)cs1. The Balaban J connectivity index is 1.92. The molecule has 0 atom stereocenters. The molecule has 0 N–H and O–H groups in total. The number of aromatic nitrogens is 3. The van der Waals surface area contributed by atoms with E-state index in [-0.39, 0.29) is 10.6 Å². The molecule has 0 spiro atoms. The van der Waals surface area contributed by atoms with E-state index >= 15 is 0 Å². The zero-order valence-electron chi connectivity index (χ0n) is 13.0. The number of anilines is 1. The van der Waals surface area contributed by atoms with Crippen molar-refractivity contribution >= 4 is 40.2 Å². The maximum Gasteiger partial charge on any atom is 0.292 e. The number of halogens is 2. The molecule has 3 rings (SSSR count). The lowest BCUT2D eigenvalue weighted by atomic mass is 10.3. The van der Waals surface area contributed by atoms with E-state index in [4.69, 9.17) is 23.2 Å². The molecule has 2 heterocycles. The Bertz CT molecular complexity index is 921. The van der Waals surface area contributed by atoms with Gasteiger partial charge in [0.1, 0.15) is 5.02 Å². The molecule has 0 fully saturated rings. The van der Waals surface area contributed by atoms with Crippen LogP contribution >= 0.6 is 34.5 Å². The summed E-state index contributed by atoms with van der Waals surface area (Å²) in [5, 5.41) is 7.92. The molecule has 3 aromatic rings. The number of aryl methyl sites for hydroxylation is 1. The molecular formula is C16H14Cl2N4OS. The van der Waals surface area contributed by atoms with Crippen LogP contribution in [0.15, 0.2) is 40.6 Å². The molecule has 0 unspecified atom stereocenters. The molecule has 1 aromatic carbocycles. The van der Waals surface area contributed by atoms with Gasteiger partial charge in [0.15, 0.2) is 0 Å². The van der Waals surface area contributed by atoms with Crippen LogP contribution in [0.3, 0.4) is 0 Å². The number of rotatable bonds is 4. The van der Waals surface area contributed by atoms with Gasteiger partial charge in [-0.15, -0.1) is 11.3 Å². The van der Waals surface area contributed by atoms with Crippen molar-refractivity contribution in [2.45, 2.75) is 13.5 Å². The molecule has 0 amide bonds. The highest BCUT2D eigenvalue weighted by Gasteiger charge is 2.15. The van der Waals surface area contributed by atoms with E-state index in [0.29, 0.717) is 22.9 Å². The summed E-state index contributed by atoms with van der Waals surface area (Å²) >= 11 is 13.7. The summed E-state index contributed by atoms with van der Waals surface area (Å²) in [6.45, 7) is 2.51. The monoisotopic (exact) mass is 380 g/mol. The van der Waals surface area contributed by atoms with Crippen molar-refractivity contribution in [1.82, 2.24) is 14.8 Å². The smallest absolute Gasteiger partial charge is 0.292 e. The summed E-state index contributed by atoms with van der Waals surface area (Å²) in [7, 11) is 1.85. The molecule has 0 aliphatic rings. The van der Waals surface area contributed by atoms with Gasteiger partial charge in [-0.25, -0.2) is 4.98 Å². The van der Waals surface area contributed by atoms with Crippen molar-refractivity contribution in [3.05, 3.63) is 66.9 Å². The van der Waals surface area contributed by atoms with Crippen LogP contribution in [0.5, 0.6) is 0 Å². The highest BCUT2D eigenvalue weighted by atomic mass is 35.5. The van der Waals surface area contributed by atoms with E-state index in [1.54, 1.807) is 41.8 Å². The number of benzene rings is 1. The Hall–Kier alpha value is -1.89. The minimum atomic E-state index is -0.377. The molecular weight excluding hydrogens is 367 g/mol. The van der Waals surface area contributed by atoms with Gasteiger partial charge in [-0.05, 0) is 31.2 Å². The maximum absolute atomic E-state index is 12.5. The van der Waals surface area contributed by atoms with Crippen molar-refractivity contribution in [2.24, 2.45) is 0 Å². The van der Waals surface area contributed by atoms with Crippen LogP contribution in [-0.4, -0.2) is 21.8 Å². The van der Waals surface area contributed by atoms with Gasteiger partial charge in [0.05, 0.1) is 34.8 Å². The highest BCUT2D eigenvalue weighted by Crippen LogP contribution is 2.23. The predicted octanol–water partition coefficient (Wildman–Crippen LogP) is 3.94. The summed E-state index contributed by atoms with van der Waals surface area (Å²) in [5.74, 6) is 0. The van der Waals surface area contributed by atoms with Crippen LogP contribution in [0.25, 0.3) is 5.69 Å². The van der Waals surface area contributed by atoms with E-state index in [1.165, 1.54) is 4.68 Å². The molecule has 124 valence electrons. The van der Waals surface area contributed by atoms with Crippen LogP contribution < -0.4 is 10.5 Å². The minimum absolute atomic E-state index is 0.120. The molecule has 0 aliphatic carbocycles. The first-order valence-electron chi connectivity index (χ1n) is 7.11. The van der Waals surface area contributed by atoms with Crippen LogP contribution in [-0.2, 0) is 6.54 Å². The Morgan fingerprint density at radius 1 is 1.25 bits per heavy atom. The first kappa shape index (κ1) is 17.0. The van der Waals surface area contributed by atoms with E-state index in [2.05, 4.69) is 10.1 Å². The summed E-state index contributed by atoms with van der Waals surface area (Å²) in [6, 6.07) is 6.83. The zero-order chi connectivity index (χ0) is 17.3. The molecule has 5 nitrogen and oxygen atoms in total. The van der Waals surface area contributed by atoms with E-state index in [1.807, 2.05) is 24.3 Å². The number of hydrogen-bond acceptors (Lipinski definition) is 5. The van der Waals surface area contributed by atoms with Gasteiger partial charge in [-0.1, -0.05) is 23.2 Å². The molecule has 0 aliphatic heterocycles. The van der Waals surface area contributed by atoms with Crippen molar-refractivity contribution in [3.8, 4) is 5.69 Å². The largest absolute Gasteiger partial charge is 0.366 e. The molecule has 2 aromatic heterocycles. The van der Waals surface area contributed by atoms with Crippen LogP contribution in [0, 0.1) is 6.92 Å². The fourth-order valence-corrected chi connectivity index (χ4v) is 3.27. The van der Waals surface area contributed by atoms with Gasteiger partial charge in [-0.2, -0.15) is 9.78 Å². The average Bonchev–Trinajstić information content (AvgIpc) is 2.96. The van der Waals surface area contributed by atoms with Gasteiger partial charge in [-0.3, -0.25) is 4.79 Å². The zero-order valence-corrected chi connectivity index (χ0v) is 15.4. The maximum atomic E-state index is 12.5. The first-order valence-corrected chi connectivity index (χ1v) is 8.75. The van der Waals surface area contributed by atoms with Crippen LogP contribution in [0.1, 0.15) is 10.7 Å². The Morgan fingerprint density at radius 3 is 2.58 bits per heavy atom. The third kappa shape index (κ3) is 3.45.